The van der Waals surface area contributed by atoms with Crippen molar-refractivity contribution < 1.29 is 22.4 Å². The molecule has 2 N–H and O–H groups in total. The Morgan fingerprint density at radius 3 is 2.22 bits per heavy atom. The molecule has 8 heteroatoms. The van der Waals surface area contributed by atoms with Gasteiger partial charge in [-0.05, 0) is 48.5 Å². The molecule has 0 aliphatic rings. The SMILES string of the molecule is O=C(Nc1ccc(Nc2ccccc2F)nc1)c1ccc(C(F)(F)F)cc1. The molecule has 0 saturated carbocycles. The predicted octanol–water partition coefficient (Wildman–Crippen LogP) is 5.24. The minimum atomic E-state index is -4.46. The van der Waals surface area contributed by atoms with Crippen LogP contribution in [0.4, 0.5) is 34.8 Å². The fourth-order valence-corrected chi connectivity index (χ4v) is 2.26. The second kappa shape index (κ2) is 7.45. The first-order valence-electron chi connectivity index (χ1n) is 7.79. The first kappa shape index (κ1) is 18.4. The highest BCUT2D eigenvalue weighted by Crippen LogP contribution is 2.29. The summed E-state index contributed by atoms with van der Waals surface area (Å²) in [6.07, 6.45) is -3.11. The van der Waals surface area contributed by atoms with Crippen molar-refractivity contribution in [2.24, 2.45) is 0 Å². The molecule has 0 radical (unpaired) electrons. The number of hydrogen-bond acceptors (Lipinski definition) is 3. The molecule has 3 rings (SSSR count). The highest BCUT2D eigenvalue weighted by atomic mass is 19.4. The van der Waals surface area contributed by atoms with Crippen molar-refractivity contribution in [2.75, 3.05) is 10.6 Å². The molecule has 4 nitrogen and oxygen atoms in total. The summed E-state index contributed by atoms with van der Waals surface area (Å²) < 4.78 is 51.2. The van der Waals surface area contributed by atoms with Gasteiger partial charge in [0.2, 0.25) is 0 Å². The summed E-state index contributed by atoms with van der Waals surface area (Å²) in [5.41, 5.74) is -0.147. The van der Waals surface area contributed by atoms with Gasteiger partial charge in [-0.3, -0.25) is 4.79 Å². The lowest BCUT2D eigenvalue weighted by molar-refractivity contribution is -0.137. The van der Waals surface area contributed by atoms with E-state index in [9.17, 15) is 22.4 Å². The van der Waals surface area contributed by atoms with Crippen molar-refractivity contribution in [3.8, 4) is 0 Å². The number of pyridine rings is 1. The number of halogens is 4. The molecule has 138 valence electrons. The van der Waals surface area contributed by atoms with Gasteiger partial charge in [-0.15, -0.1) is 0 Å². The lowest BCUT2D eigenvalue weighted by Crippen LogP contribution is -2.13. The van der Waals surface area contributed by atoms with Crippen molar-refractivity contribution in [1.82, 2.24) is 4.98 Å². The van der Waals surface area contributed by atoms with Crippen molar-refractivity contribution >= 4 is 23.1 Å². The Kier molecular flexibility index (Phi) is 5.07. The summed E-state index contributed by atoms with van der Waals surface area (Å²) in [5, 5.41) is 5.33. The van der Waals surface area contributed by atoms with E-state index in [2.05, 4.69) is 15.6 Å². The van der Waals surface area contributed by atoms with E-state index < -0.39 is 23.5 Å². The van der Waals surface area contributed by atoms with Crippen LogP contribution in [-0.2, 0) is 6.18 Å². The maximum Gasteiger partial charge on any atom is 0.416 e. The summed E-state index contributed by atoms with van der Waals surface area (Å²) in [4.78, 5) is 16.2. The van der Waals surface area contributed by atoms with E-state index in [0.717, 1.165) is 24.3 Å². The fourth-order valence-electron chi connectivity index (χ4n) is 2.26. The van der Waals surface area contributed by atoms with Gasteiger partial charge in [0.1, 0.15) is 11.6 Å². The number of rotatable bonds is 4. The standard InChI is InChI=1S/C19H13F4N3O/c20-15-3-1-2-4-16(15)26-17-10-9-14(11-24-17)25-18(27)12-5-7-13(8-6-12)19(21,22)23/h1-11H,(H,24,26)(H,25,27). The van der Waals surface area contributed by atoms with Crippen LogP contribution in [-0.4, -0.2) is 10.9 Å². The van der Waals surface area contributed by atoms with E-state index in [1.165, 1.54) is 24.4 Å². The normalized spacial score (nSPS) is 11.1. The molecule has 1 amide bonds. The summed E-state index contributed by atoms with van der Waals surface area (Å²) >= 11 is 0. The van der Waals surface area contributed by atoms with Crippen LogP contribution in [0.1, 0.15) is 15.9 Å². The molecule has 0 atom stereocenters. The Morgan fingerprint density at radius 2 is 1.63 bits per heavy atom. The molecule has 0 saturated heterocycles. The van der Waals surface area contributed by atoms with Crippen LogP contribution in [0.15, 0.2) is 66.9 Å². The van der Waals surface area contributed by atoms with Crippen LogP contribution < -0.4 is 10.6 Å². The number of nitrogens with zero attached hydrogens (tertiary/aromatic N) is 1. The molecule has 1 heterocycles. The van der Waals surface area contributed by atoms with Gasteiger partial charge in [0, 0.05) is 5.56 Å². The third-order valence-electron chi connectivity index (χ3n) is 3.63. The van der Waals surface area contributed by atoms with Crippen LogP contribution >= 0.6 is 0 Å². The van der Waals surface area contributed by atoms with Crippen LogP contribution in [0.25, 0.3) is 0 Å². The number of alkyl halides is 3. The van der Waals surface area contributed by atoms with Gasteiger partial charge in [-0.1, -0.05) is 12.1 Å². The molecule has 0 spiro atoms. The predicted molar refractivity (Wildman–Crippen MR) is 93.3 cm³/mol. The van der Waals surface area contributed by atoms with E-state index in [4.69, 9.17) is 0 Å². The van der Waals surface area contributed by atoms with Gasteiger partial charge in [-0.25, -0.2) is 9.37 Å². The quantitative estimate of drug-likeness (QED) is 0.614. The Hall–Kier alpha value is -3.42. The first-order valence-corrected chi connectivity index (χ1v) is 7.79. The number of carbonyl (C=O) groups is 1. The lowest BCUT2D eigenvalue weighted by Gasteiger charge is -2.09. The minimum absolute atomic E-state index is 0.0801. The number of nitrogens with one attached hydrogen (secondary N) is 2. The van der Waals surface area contributed by atoms with E-state index in [1.54, 1.807) is 18.2 Å². The topological polar surface area (TPSA) is 54.0 Å². The third-order valence-corrected chi connectivity index (χ3v) is 3.63. The van der Waals surface area contributed by atoms with Gasteiger partial charge in [0.05, 0.1) is 23.1 Å². The van der Waals surface area contributed by atoms with Crippen LogP contribution in [0.2, 0.25) is 0 Å². The van der Waals surface area contributed by atoms with E-state index >= 15 is 0 Å². The largest absolute Gasteiger partial charge is 0.416 e. The zero-order valence-electron chi connectivity index (χ0n) is 13.7. The Bertz CT molecular complexity index is 938. The minimum Gasteiger partial charge on any atom is -0.338 e. The number of aromatic nitrogens is 1. The molecule has 3 aromatic rings. The molecule has 0 aliphatic heterocycles. The number of benzene rings is 2. The van der Waals surface area contributed by atoms with Crippen molar-refractivity contribution in [3.63, 3.8) is 0 Å². The van der Waals surface area contributed by atoms with Gasteiger partial charge < -0.3 is 10.6 Å². The Balaban J connectivity index is 1.66. The highest BCUT2D eigenvalue weighted by molar-refractivity contribution is 6.04. The van der Waals surface area contributed by atoms with E-state index in [1.807, 2.05) is 0 Å². The number of para-hydroxylation sites is 1. The monoisotopic (exact) mass is 375 g/mol. The zero-order chi connectivity index (χ0) is 19.4. The summed E-state index contributed by atoms with van der Waals surface area (Å²) in [6.45, 7) is 0. The maximum atomic E-state index is 13.6. The average Bonchev–Trinajstić information content (AvgIpc) is 2.64. The molecule has 2 aromatic carbocycles. The molecule has 0 aliphatic carbocycles. The molecule has 1 aromatic heterocycles. The second-order valence-corrected chi connectivity index (χ2v) is 5.57. The Morgan fingerprint density at radius 1 is 0.926 bits per heavy atom. The maximum absolute atomic E-state index is 13.6. The number of hydrogen-bond donors (Lipinski definition) is 2. The molecule has 27 heavy (non-hydrogen) atoms. The van der Waals surface area contributed by atoms with Crippen LogP contribution in [0, 0.1) is 5.82 Å². The molecular formula is C19H13F4N3O. The number of carbonyl (C=O) groups excluding carboxylic acids is 1. The fraction of sp³-hybridized carbons (Fsp3) is 0.0526. The molecular weight excluding hydrogens is 362 g/mol. The number of anilines is 3. The van der Waals surface area contributed by atoms with E-state index in [0.29, 0.717) is 11.5 Å². The highest BCUT2D eigenvalue weighted by Gasteiger charge is 2.30. The van der Waals surface area contributed by atoms with Gasteiger partial charge in [0.15, 0.2) is 0 Å². The molecule has 0 bridgehead atoms. The van der Waals surface area contributed by atoms with Gasteiger partial charge in [0.25, 0.3) is 5.91 Å². The summed E-state index contributed by atoms with van der Waals surface area (Å²) in [5.74, 6) is -0.632. The zero-order valence-corrected chi connectivity index (χ0v) is 13.7. The van der Waals surface area contributed by atoms with Gasteiger partial charge >= 0.3 is 6.18 Å². The van der Waals surface area contributed by atoms with E-state index in [-0.39, 0.29) is 11.3 Å². The smallest absolute Gasteiger partial charge is 0.338 e. The van der Waals surface area contributed by atoms with Crippen LogP contribution in [0.3, 0.4) is 0 Å². The third kappa shape index (κ3) is 4.60. The Labute approximate surface area is 151 Å². The van der Waals surface area contributed by atoms with Gasteiger partial charge in [-0.2, -0.15) is 13.2 Å². The average molecular weight is 375 g/mol. The van der Waals surface area contributed by atoms with Crippen molar-refractivity contribution in [1.29, 1.82) is 0 Å². The molecule has 0 fully saturated rings. The number of amides is 1. The molecule has 0 unspecified atom stereocenters. The van der Waals surface area contributed by atoms with Crippen molar-refractivity contribution in [3.05, 3.63) is 83.8 Å². The van der Waals surface area contributed by atoms with Crippen LogP contribution in [0.5, 0.6) is 0 Å². The van der Waals surface area contributed by atoms with Crippen molar-refractivity contribution in [2.45, 2.75) is 6.18 Å². The lowest BCUT2D eigenvalue weighted by atomic mass is 10.1. The first-order chi connectivity index (χ1) is 12.8. The summed E-state index contributed by atoms with van der Waals surface area (Å²) in [7, 11) is 0. The summed E-state index contributed by atoms with van der Waals surface area (Å²) in [6, 6.07) is 13.0. The second-order valence-electron chi connectivity index (χ2n) is 5.57.